The molecule has 7 heteroatoms. The number of hydrogen-bond acceptors (Lipinski definition) is 4. The van der Waals surface area contributed by atoms with Gasteiger partial charge in [-0.25, -0.2) is 8.42 Å². The van der Waals surface area contributed by atoms with Gasteiger partial charge in [-0.15, -0.1) is 0 Å². The Labute approximate surface area is 154 Å². The average molecular weight is 375 g/mol. The number of aryl methyl sites for hydroxylation is 2. The highest BCUT2D eigenvalue weighted by molar-refractivity contribution is 7.93. The van der Waals surface area contributed by atoms with Crippen LogP contribution in [0.4, 0.5) is 5.69 Å². The minimum Gasteiger partial charge on any atom is -0.361 e. The quantitative estimate of drug-likeness (QED) is 0.692. The van der Waals surface area contributed by atoms with Gasteiger partial charge in [-0.2, -0.15) is 0 Å². The van der Waals surface area contributed by atoms with Gasteiger partial charge in [-0.1, -0.05) is 19.0 Å². The van der Waals surface area contributed by atoms with E-state index in [0.717, 1.165) is 17.3 Å². The Balaban J connectivity index is 2.17. The van der Waals surface area contributed by atoms with Crippen LogP contribution in [0.5, 0.6) is 0 Å². The number of sulfonamides is 1. The van der Waals surface area contributed by atoms with Gasteiger partial charge in [0.2, 0.25) is 0 Å². The van der Waals surface area contributed by atoms with E-state index in [1.54, 1.807) is 13.8 Å². The molecule has 1 N–H and O–H groups in total. The molecule has 2 aromatic heterocycles. The predicted molar refractivity (Wildman–Crippen MR) is 103 cm³/mol. The summed E-state index contributed by atoms with van der Waals surface area (Å²) in [6.07, 6.45) is 2.59. The molecule has 1 unspecified atom stereocenters. The number of rotatable bonds is 6. The molecule has 0 bridgehead atoms. The van der Waals surface area contributed by atoms with E-state index in [0.29, 0.717) is 23.1 Å². The summed E-state index contributed by atoms with van der Waals surface area (Å²) in [4.78, 5) is 3.29. The second-order valence-corrected chi connectivity index (χ2v) is 8.93. The lowest BCUT2D eigenvalue weighted by atomic mass is 10.0. The Bertz CT molecular complexity index is 998. The van der Waals surface area contributed by atoms with E-state index in [4.69, 9.17) is 4.52 Å². The molecule has 3 aromatic rings. The van der Waals surface area contributed by atoms with E-state index in [1.807, 2.05) is 37.4 Å². The van der Waals surface area contributed by atoms with Crippen LogP contribution < -0.4 is 4.31 Å². The van der Waals surface area contributed by atoms with E-state index < -0.39 is 10.0 Å². The van der Waals surface area contributed by atoms with Crippen LogP contribution in [-0.2, 0) is 10.0 Å². The van der Waals surface area contributed by atoms with Crippen molar-refractivity contribution in [3.63, 3.8) is 0 Å². The monoisotopic (exact) mass is 375 g/mol. The first kappa shape index (κ1) is 18.5. The minimum absolute atomic E-state index is 0.155. The third-order valence-electron chi connectivity index (χ3n) is 4.49. The zero-order valence-corrected chi connectivity index (χ0v) is 16.6. The number of benzene rings is 1. The minimum atomic E-state index is -3.80. The van der Waals surface area contributed by atoms with Crippen LogP contribution in [0.15, 0.2) is 39.9 Å². The second kappa shape index (κ2) is 6.79. The Kier molecular flexibility index (Phi) is 4.84. The highest BCUT2D eigenvalue weighted by atomic mass is 32.2. The summed E-state index contributed by atoms with van der Waals surface area (Å²) < 4.78 is 33.7. The van der Waals surface area contributed by atoms with Crippen LogP contribution in [0.2, 0.25) is 0 Å². The molecule has 0 saturated heterocycles. The standard InChI is InChI=1S/C19H25N3O3S/c1-12(2)10-13(3)22(17-6-7-18-16(11-17)8-9-20-18)26(23,24)19-14(4)21-25-15(19)5/h6-9,11-13,20H,10H2,1-5H3. The zero-order chi connectivity index (χ0) is 19.1. The molecule has 0 aliphatic carbocycles. The maximum atomic E-state index is 13.6. The normalized spacial score (nSPS) is 13.5. The molecule has 6 nitrogen and oxygen atoms in total. The van der Waals surface area contributed by atoms with Gasteiger partial charge in [0, 0.05) is 23.1 Å². The van der Waals surface area contributed by atoms with Crippen molar-refractivity contribution in [3.05, 3.63) is 41.9 Å². The molecule has 0 fully saturated rings. The van der Waals surface area contributed by atoms with Crippen LogP contribution in [0.25, 0.3) is 10.9 Å². The Morgan fingerprint density at radius 3 is 2.54 bits per heavy atom. The molecule has 140 valence electrons. The first-order chi connectivity index (χ1) is 12.2. The maximum Gasteiger partial charge on any atom is 0.269 e. The van der Waals surface area contributed by atoms with Crippen LogP contribution in [0, 0.1) is 19.8 Å². The first-order valence-electron chi connectivity index (χ1n) is 8.76. The third-order valence-corrected chi connectivity index (χ3v) is 6.68. The fraction of sp³-hybridized carbons (Fsp3) is 0.421. The molecule has 2 heterocycles. The first-order valence-corrected chi connectivity index (χ1v) is 10.2. The van der Waals surface area contributed by atoms with Gasteiger partial charge in [-0.05, 0) is 57.4 Å². The van der Waals surface area contributed by atoms with Crippen molar-refractivity contribution in [2.45, 2.75) is 52.0 Å². The molecule has 0 aliphatic rings. The molecule has 0 amide bonds. The molecule has 0 spiro atoms. The van der Waals surface area contributed by atoms with Crippen molar-refractivity contribution in [2.75, 3.05) is 4.31 Å². The number of aromatic nitrogens is 2. The molecule has 0 radical (unpaired) electrons. The predicted octanol–water partition coefficient (Wildman–Crippen LogP) is 4.40. The summed E-state index contributed by atoms with van der Waals surface area (Å²) in [6.45, 7) is 9.41. The SMILES string of the molecule is Cc1noc(C)c1S(=O)(=O)N(c1ccc2[nH]ccc2c1)C(C)CC(C)C. The number of aromatic amines is 1. The lowest BCUT2D eigenvalue weighted by molar-refractivity contribution is 0.390. The Morgan fingerprint density at radius 1 is 1.19 bits per heavy atom. The van der Waals surface area contributed by atoms with Crippen molar-refractivity contribution < 1.29 is 12.9 Å². The van der Waals surface area contributed by atoms with Crippen molar-refractivity contribution in [2.24, 2.45) is 5.92 Å². The van der Waals surface area contributed by atoms with Gasteiger partial charge in [0.25, 0.3) is 10.0 Å². The summed E-state index contributed by atoms with van der Waals surface area (Å²) in [5, 5.41) is 4.81. The fourth-order valence-electron chi connectivity index (χ4n) is 3.53. The zero-order valence-electron chi connectivity index (χ0n) is 15.8. The van der Waals surface area contributed by atoms with Gasteiger partial charge in [-0.3, -0.25) is 4.31 Å². The Hall–Kier alpha value is -2.28. The van der Waals surface area contributed by atoms with Gasteiger partial charge >= 0.3 is 0 Å². The van der Waals surface area contributed by atoms with Gasteiger partial charge in [0.1, 0.15) is 5.69 Å². The number of nitrogens with zero attached hydrogens (tertiary/aromatic N) is 2. The smallest absolute Gasteiger partial charge is 0.269 e. The van der Waals surface area contributed by atoms with Crippen molar-refractivity contribution in [1.29, 1.82) is 0 Å². The second-order valence-electron chi connectivity index (χ2n) is 7.18. The van der Waals surface area contributed by atoms with Crippen LogP contribution >= 0.6 is 0 Å². The summed E-state index contributed by atoms with van der Waals surface area (Å²) in [6, 6.07) is 7.38. The number of nitrogens with one attached hydrogen (secondary N) is 1. The van der Waals surface area contributed by atoms with Gasteiger partial charge < -0.3 is 9.51 Å². The lowest BCUT2D eigenvalue weighted by Gasteiger charge is -2.31. The fourth-order valence-corrected chi connectivity index (χ4v) is 5.49. The topological polar surface area (TPSA) is 79.2 Å². The number of H-pyrrole nitrogens is 1. The van der Waals surface area contributed by atoms with Gasteiger partial charge in [0.05, 0.1) is 5.69 Å². The molecule has 3 rings (SSSR count). The number of hydrogen-bond donors (Lipinski definition) is 1. The lowest BCUT2D eigenvalue weighted by Crippen LogP contribution is -2.40. The van der Waals surface area contributed by atoms with Crippen LogP contribution in [0.1, 0.15) is 38.6 Å². The number of anilines is 1. The molecule has 1 atom stereocenters. The molecule has 1 aromatic carbocycles. The molecule has 26 heavy (non-hydrogen) atoms. The van der Waals surface area contributed by atoms with E-state index in [1.165, 1.54) is 4.31 Å². The van der Waals surface area contributed by atoms with Crippen LogP contribution in [-0.4, -0.2) is 24.6 Å². The summed E-state index contributed by atoms with van der Waals surface area (Å²) >= 11 is 0. The van der Waals surface area contributed by atoms with Crippen molar-refractivity contribution >= 4 is 26.6 Å². The maximum absolute atomic E-state index is 13.6. The highest BCUT2D eigenvalue weighted by Gasteiger charge is 2.34. The molecule has 0 saturated carbocycles. The van der Waals surface area contributed by atoms with E-state index in [-0.39, 0.29) is 10.9 Å². The Morgan fingerprint density at radius 2 is 1.92 bits per heavy atom. The summed E-state index contributed by atoms with van der Waals surface area (Å²) in [5.74, 6) is 0.676. The average Bonchev–Trinajstić information content (AvgIpc) is 3.12. The van der Waals surface area contributed by atoms with Gasteiger partial charge in [0.15, 0.2) is 10.7 Å². The van der Waals surface area contributed by atoms with E-state index in [9.17, 15) is 8.42 Å². The molecule has 0 aliphatic heterocycles. The van der Waals surface area contributed by atoms with Crippen LogP contribution in [0.3, 0.4) is 0 Å². The van der Waals surface area contributed by atoms with Crippen molar-refractivity contribution in [3.8, 4) is 0 Å². The third kappa shape index (κ3) is 3.23. The largest absolute Gasteiger partial charge is 0.361 e. The van der Waals surface area contributed by atoms with Crippen molar-refractivity contribution in [1.82, 2.24) is 10.1 Å². The summed E-state index contributed by atoms with van der Waals surface area (Å²) in [7, 11) is -3.80. The highest BCUT2D eigenvalue weighted by Crippen LogP contribution is 2.33. The van der Waals surface area contributed by atoms with E-state index in [2.05, 4.69) is 24.0 Å². The molecular weight excluding hydrogens is 350 g/mol. The summed E-state index contributed by atoms with van der Waals surface area (Å²) in [5.41, 5.74) is 2.00. The number of fused-ring (bicyclic) bond motifs is 1. The molecular formula is C19H25N3O3S. The van der Waals surface area contributed by atoms with E-state index >= 15 is 0 Å².